The fourth-order valence-electron chi connectivity index (χ4n) is 3.77. The van der Waals surface area contributed by atoms with E-state index in [1.54, 1.807) is 0 Å². The zero-order valence-electron chi connectivity index (χ0n) is 11.8. The molecule has 1 N–H and O–H groups in total. The maximum absolute atomic E-state index is 10.5. The lowest BCUT2D eigenvalue weighted by Crippen LogP contribution is -2.48. The van der Waals surface area contributed by atoms with E-state index in [2.05, 4.69) is 25.7 Å². The summed E-state index contributed by atoms with van der Waals surface area (Å²) >= 11 is 0. The summed E-state index contributed by atoms with van der Waals surface area (Å²) < 4.78 is 0. The van der Waals surface area contributed by atoms with E-state index >= 15 is 0 Å². The van der Waals surface area contributed by atoms with Gasteiger partial charge in [0.25, 0.3) is 0 Å². The van der Waals surface area contributed by atoms with Gasteiger partial charge in [-0.05, 0) is 44.1 Å². The summed E-state index contributed by atoms with van der Waals surface area (Å²) in [5.74, 6) is 0. The van der Waals surface area contributed by atoms with Gasteiger partial charge >= 0.3 is 0 Å². The van der Waals surface area contributed by atoms with E-state index in [-0.39, 0.29) is 11.5 Å². The summed E-state index contributed by atoms with van der Waals surface area (Å²) in [6.45, 7) is 7.94. The zero-order chi connectivity index (χ0) is 12.5. The molecule has 2 nitrogen and oxygen atoms in total. The number of aliphatic hydroxyl groups excluding tert-OH is 1. The van der Waals surface area contributed by atoms with Gasteiger partial charge in [0.05, 0.1) is 6.10 Å². The van der Waals surface area contributed by atoms with Crippen molar-refractivity contribution in [2.75, 3.05) is 6.54 Å². The number of hydrogen-bond acceptors (Lipinski definition) is 2. The van der Waals surface area contributed by atoms with E-state index < -0.39 is 0 Å². The van der Waals surface area contributed by atoms with E-state index in [0.29, 0.717) is 12.1 Å². The van der Waals surface area contributed by atoms with E-state index in [4.69, 9.17) is 0 Å². The summed E-state index contributed by atoms with van der Waals surface area (Å²) in [6.07, 6.45) is 8.87. The first kappa shape index (κ1) is 13.4. The molecule has 0 amide bonds. The highest BCUT2D eigenvalue weighted by atomic mass is 16.3. The predicted molar refractivity (Wildman–Crippen MR) is 72.1 cm³/mol. The van der Waals surface area contributed by atoms with Gasteiger partial charge < -0.3 is 5.11 Å². The molecule has 100 valence electrons. The molecule has 1 saturated heterocycles. The normalized spacial score (nSPS) is 39.2. The van der Waals surface area contributed by atoms with Gasteiger partial charge in [0.1, 0.15) is 0 Å². The first-order valence-electron chi connectivity index (χ1n) is 7.50. The summed E-state index contributed by atoms with van der Waals surface area (Å²) in [4.78, 5) is 2.65. The van der Waals surface area contributed by atoms with Crippen molar-refractivity contribution in [3.8, 4) is 0 Å². The molecule has 2 fully saturated rings. The van der Waals surface area contributed by atoms with Crippen LogP contribution in [-0.4, -0.2) is 34.7 Å². The van der Waals surface area contributed by atoms with E-state index in [1.807, 2.05) is 0 Å². The molecular weight excluding hydrogens is 210 g/mol. The Morgan fingerprint density at radius 2 is 1.94 bits per heavy atom. The minimum atomic E-state index is -0.130. The zero-order valence-corrected chi connectivity index (χ0v) is 11.8. The molecule has 3 atom stereocenters. The SMILES string of the molecule is CCC1CCCCCN1C1CCC(C)(C)C1O. The highest BCUT2D eigenvalue weighted by molar-refractivity contribution is 4.98. The summed E-state index contributed by atoms with van der Waals surface area (Å²) in [7, 11) is 0. The Labute approximate surface area is 106 Å². The summed E-state index contributed by atoms with van der Waals surface area (Å²) in [5.41, 5.74) is 0.120. The standard InChI is InChI=1S/C15H29NO/c1-4-12-8-6-5-7-11-16(12)13-9-10-15(2,3)14(13)17/h12-14,17H,4-11H2,1-3H3. The quantitative estimate of drug-likeness (QED) is 0.800. The van der Waals surface area contributed by atoms with Crippen LogP contribution in [-0.2, 0) is 0 Å². The van der Waals surface area contributed by atoms with Crippen LogP contribution in [0.1, 0.15) is 65.7 Å². The second-order valence-corrected chi connectivity index (χ2v) is 6.69. The molecule has 0 aromatic rings. The second-order valence-electron chi connectivity index (χ2n) is 6.69. The molecule has 2 aliphatic rings. The average molecular weight is 239 g/mol. The van der Waals surface area contributed by atoms with E-state index in [9.17, 15) is 5.11 Å². The van der Waals surface area contributed by atoms with Crippen molar-refractivity contribution in [3.63, 3.8) is 0 Å². The van der Waals surface area contributed by atoms with Crippen molar-refractivity contribution in [2.45, 2.75) is 83.9 Å². The van der Waals surface area contributed by atoms with Crippen LogP contribution in [0.3, 0.4) is 0 Å². The van der Waals surface area contributed by atoms with E-state index in [1.165, 1.54) is 51.5 Å². The van der Waals surface area contributed by atoms with Crippen molar-refractivity contribution in [2.24, 2.45) is 5.41 Å². The molecule has 3 unspecified atom stereocenters. The van der Waals surface area contributed by atoms with Crippen molar-refractivity contribution < 1.29 is 5.11 Å². The Morgan fingerprint density at radius 3 is 2.53 bits per heavy atom. The molecule has 1 saturated carbocycles. The minimum absolute atomic E-state index is 0.120. The van der Waals surface area contributed by atoms with Crippen LogP contribution in [0.15, 0.2) is 0 Å². The van der Waals surface area contributed by atoms with Crippen LogP contribution in [0, 0.1) is 5.41 Å². The van der Waals surface area contributed by atoms with Gasteiger partial charge in [-0.3, -0.25) is 4.90 Å². The smallest absolute Gasteiger partial charge is 0.0746 e. The fourth-order valence-corrected chi connectivity index (χ4v) is 3.77. The van der Waals surface area contributed by atoms with Crippen molar-refractivity contribution in [3.05, 3.63) is 0 Å². The minimum Gasteiger partial charge on any atom is -0.391 e. The number of aliphatic hydroxyl groups is 1. The summed E-state index contributed by atoms with van der Waals surface area (Å²) in [5, 5.41) is 10.5. The molecule has 1 aliphatic heterocycles. The second kappa shape index (κ2) is 5.27. The molecule has 0 bridgehead atoms. The molecule has 1 heterocycles. The lowest BCUT2D eigenvalue weighted by molar-refractivity contribution is -0.00143. The molecule has 0 spiro atoms. The van der Waals surface area contributed by atoms with Gasteiger partial charge in [-0.2, -0.15) is 0 Å². The molecule has 0 radical (unpaired) electrons. The first-order chi connectivity index (χ1) is 8.06. The Kier molecular flexibility index (Phi) is 4.14. The lowest BCUT2D eigenvalue weighted by atomic mass is 9.88. The lowest BCUT2D eigenvalue weighted by Gasteiger charge is -2.38. The fraction of sp³-hybridized carbons (Fsp3) is 1.00. The third-order valence-corrected chi connectivity index (χ3v) is 5.07. The van der Waals surface area contributed by atoms with Gasteiger partial charge in [0, 0.05) is 12.1 Å². The summed E-state index contributed by atoms with van der Waals surface area (Å²) in [6, 6.07) is 1.14. The van der Waals surface area contributed by atoms with Crippen LogP contribution >= 0.6 is 0 Å². The number of rotatable bonds is 2. The number of hydrogen-bond donors (Lipinski definition) is 1. The molecule has 0 aromatic carbocycles. The molecule has 2 heteroatoms. The van der Waals surface area contributed by atoms with Crippen molar-refractivity contribution in [1.82, 2.24) is 4.90 Å². The third-order valence-electron chi connectivity index (χ3n) is 5.07. The van der Waals surface area contributed by atoms with Crippen LogP contribution in [0.2, 0.25) is 0 Å². The van der Waals surface area contributed by atoms with Crippen molar-refractivity contribution >= 4 is 0 Å². The molecule has 17 heavy (non-hydrogen) atoms. The average Bonchev–Trinajstić information content (AvgIpc) is 2.51. The molecule has 0 aromatic heterocycles. The van der Waals surface area contributed by atoms with Gasteiger partial charge in [-0.1, -0.05) is 33.6 Å². The van der Waals surface area contributed by atoms with Crippen LogP contribution in [0.5, 0.6) is 0 Å². The van der Waals surface area contributed by atoms with Gasteiger partial charge in [-0.15, -0.1) is 0 Å². The molecular formula is C15H29NO. The van der Waals surface area contributed by atoms with Gasteiger partial charge in [0.2, 0.25) is 0 Å². The first-order valence-corrected chi connectivity index (χ1v) is 7.50. The Morgan fingerprint density at radius 1 is 1.18 bits per heavy atom. The van der Waals surface area contributed by atoms with Crippen LogP contribution in [0.4, 0.5) is 0 Å². The Bertz CT molecular complexity index is 251. The Balaban J connectivity index is 2.09. The monoisotopic (exact) mass is 239 g/mol. The highest BCUT2D eigenvalue weighted by Crippen LogP contribution is 2.41. The van der Waals surface area contributed by atoms with Gasteiger partial charge in [0.15, 0.2) is 0 Å². The van der Waals surface area contributed by atoms with Gasteiger partial charge in [-0.25, -0.2) is 0 Å². The maximum Gasteiger partial charge on any atom is 0.0746 e. The molecule has 1 aliphatic carbocycles. The predicted octanol–water partition coefficient (Wildman–Crippen LogP) is 3.19. The van der Waals surface area contributed by atoms with Crippen LogP contribution in [0.25, 0.3) is 0 Å². The molecule has 2 rings (SSSR count). The van der Waals surface area contributed by atoms with Crippen molar-refractivity contribution in [1.29, 1.82) is 0 Å². The highest BCUT2D eigenvalue weighted by Gasteiger charge is 2.44. The third kappa shape index (κ3) is 2.68. The topological polar surface area (TPSA) is 23.5 Å². The maximum atomic E-state index is 10.5. The largest absolute Gasteiger partial charge is 0.391 e. The Hall–Kier alpha value is -0.0800. The number of likely N-dealkylation sites (tertiary alicyclic amines) is 1. The van der Waals surface area contributed by atoms with Crippen LogP contribution < -0.4 is 0 Å². The number of nitrogens with zero attached hydrogens (tertiary/aromatic N) is 1. The van der Waals surface area contributed by atoms with E-state index in [0.717, 1.165) is 0 Å².